The van der Waals surface area contributed by atoms with Gasteiger partial charge < -0.3 is 5.73 Å². The highest BCUT2D eigenvalue weighted by Gasteiger charge is 2.05. The third kappa shape index (κ3) is 4.72. The van der Waals surface area contributed by atoms with Gasteiger partial charge in [0.2, 0.25) is 0 Å². The summed E-state index contributed by atoms with van der Waals surface area (Å²) in [6, 6.07) is 23.9. The van der Waals surface area contributed by atoms with Gasteiger partial charge in [-0.15, -0.1) is 0 Å². The average Bonchev–Trinajstić information content (AvgIpc) is 2.77. The zero-order valence-corrected chi connectivity index (χ0v) is 16.9. The topological polar surface area (TPSA) is 29.9 Å². The van der Waals surface area contributed by atoms with E-state index in [4.69, 9.17) is 5.73 Å². The molecule has 29 heavy (non-hydrogen) atoms. The van der Waals surface area contributed by atoms with Crippen molar-refractivity contribution >= 4 is 33.7 Å². The first-order valence-electron chi connectivity index (χ1n) is 10.6. The van der Waals surface area contributed by atoms with Gasteiger partial charge in [-0.3, -0.25) is 0 Å². The highest BCUT2D eigenvalue weighted by Crippen LogP contribution is 2.29. The number of nitrogens with zero attached hydrogens (tertiary/aromatic N) is 1. The second-order valence-corrected chi connectivity index (χ2v) is 7.64. The van der Waals surface area contributed by atoms with Crippen molar-refractivity contribution < 1.29 is 4.57 Å². The molecule has 0 radical (unpaired) electrons. The minimum absolute atomic E-state index is 0.806. The number of rotatable bonds is 8. The van der Waals surface area contributed by atoms with E-state index in [0.717, 1.165) is 19.5 Å². The van der Waals surface area contributed by atoms with Gasteiger partial charge in [0.05, 0.1) is 0 Å². The van der Waals surface area contributed by atoms with Crippen LogP contribution in [0.3, 0.4) is 0 Å². The van der Waals surface area contributed by atoms with Crippen molar-refractivity contribution in [2.45, 2.75) is 32.2 Å². The number of unbranched alkanes of at least 4 members (excludes halogenated alkanes) is 3. The lowest BCUT2D eigenvalue weighted by Gasteiger charge is -2.08. The molecule has 0 saturated carbocycles. The first-order valence-corrected chi connectivity index (χ1v) is 10.6. The lowest BCUT2D eigenvalue weighted by atomic mass is 9.96. The molecule has 2 heteroatoms. The predicted molar refractivity (Wildman–Crippen MR) is 125 cm³/mol. The van der Waals surface area contributed by atoms with Crippen LogP contribution in [-0.4, -0.2) is 6.54 Å². The van der Waals surface area contributed by atoms with Gasteiger partial charge in [0.15, 0.2) is 12.4 Å². The Morgan fingerprint density at radius 2 is 1.31 bits per heavy atom. The summed E-state index contributed by atoms with van der Waals surface area (Å²) in [5, 5.41) is 5.16. The summed E-state index contributed by atoms with van der Waals surface area (Å²) in [5.41, 5.74) is 8.07. The fourth-order valence-corrected chi connectivity index (χ4v) is 3.93. The molecular formula is C27H29N2+. The number of fused-ring (bicyclic) bond motifs is 2. The Kier molecular flexibility index (Phi) is 6.33. The van der Waals surface area contributed by atoms with Crippen LogP contribution >= 0.6 is 0 Å². The predicted octanol–water partition coefficient (Wildman–Crippen LogP) is 5.97. The molecule has 0 bridgehead atoms. The van der Waals surface area contributed by atoms with Gasteiger partial charge in [-0.05, 0) is 58.1 Å². The molecule has 146 valence electrons. The summed E-state index contributed by atoms with van der Waals surface area (Å²) < 4.78 is 2.27. The zero-order valence-electron chi connectivity index (χ0n) is 16.9. The van der Waals surface area contributed by atoms with E-state index in [-0.39, 0.29) is 0 Å². The molecule has 1 aromatic heterocycles. The number of nitrogens with two attached hydrogens (primary N) is 1. The molecule has 4 rings (SSSR count). The van der Waals surface area contributed by atoms with E-state index in [9.17, 15) is 0 Å². The summed E-state index contributed by atoms with van der Waals surface area (Å²) in [6.45, 7) is 1.88. The van der Waals surface area contributed by atoms with Crippen LogP contribution in [-0.2, 0) is 6.54 Å². The van der Waals surface area contributed by atoms with E-state index >= 15 is 0 Å². The van der Waals surface area contributed by atoms with Crippen molar-refractivity contribution in [2.24, 2.45) is 5.73 Å². The lowest BCUT2D eigenvalue weighted by molar-refractivity contribution is -0.697. The number of hydrogen-bond acceptors (Lipinski definition) is 1. The molecule has 0 aliphatic carbocycles. The number of aryl methyl sites for hydroxylation is 1. The second-order valence-electron chi connectivity index (χ2n) is 7.64. The molecule has 2 N–H and O–H groups in total. The van der Waals surface area contributed by atoms with Crippen LogP contribution in [0, 0.1) is 0 Å². The van der Waals surface area contributed by atoms with Crippen molar-refractivity contribution in [3.63, 3.8) is 0 Å². The number of pyridine rings is 1. The third-order valence-corrected chi connectivity index (χ3v) is 5.54. The fraction of sp³-hybridized carbons (Fsp3) is 0.222. The molecule has 0 fully saturated rings. The van der Waals surface area contributed by atoms with Gasteiger partial charge in [0, 0.05) is 18.6 Å². The normalized spacial score (nSPS) is 11.6. The molecule has 0 unspecified atom stereocenters. The molecule has 0 spiro atoms. The van der Waals surface area contributed by atoms with Crippen LogP contribution in [0.2, 0.25) is 0 Å². The Labute approximate surface area is 173 Å². The largest absolute Gasteiger partial charge is 0.330 e. The van der Waals surface area contributed by atoms with Crippen molar-refractivity contribution in [2.75, 3.05) is 6.54 Å². The van der Waals surface area contributed by atoms with Gasteiger partial charge in [-0.2, -0.15) is 0 Å². The summed E-state index contributed by atoms with van der Waals surface area (Å²) in [4.78, 5) is 0. The first kappa shape index (κ1) is 19.4. The van der Waals surface area contributed by atoms with Crippen LogP contribution in [0.4, 0.5) is 0 Å². The molecule has 0 amide bonds. The molecule has 4 aromatic rings. The summed E-state index contributed by atoms with van der Waals surface area (Å²) >= 11 is 0. The summed E-state index contributed by atoms with van der Waals surface area (Å²) in [6.07, 6.45) is 13.7. The first-order chi connectivity index (χ1) is 14.3. The SMILES string of the molecule is NCCCCCC[n+]1ccc(/C=C/c2c3ccccc3cc3ccccc23)cc1. The maximum absolute atomic E-state index is 5.56. The summed E-state index contributed by atoms with van der Waals surface area (Å²) in [7, 11) is 0. The zero-order chi connectivity index (χ0) is 19.9. The van der Waals surface area contributed by atoms with E-state index in [1.54, 1.807) is 0 Å². The van der Waals surface area contributed by atoms with Crippen molar-refractivity contribution in [3.05, 3.63) is 90.3 Å². The molecule has 3 aromatic carbocycles. The Morgan fingerprint density at radius 3 is 1.97 bits per heavy atom. The smallest absolute Gasteiger partial charge is 0.169 e. The van der Waals surface area contributed by atoms with Crippen molar-refractivity contribution in [3.8, 4) is 0 Å². The molecular weight excluding hydrogens is 352 g/mol. The van der Waals surface area contributed by atoms with E-state index in [2.05, 4.69) is 95.8 Å². The highest BCUT2D eigenvalue weighted by molar-refractivity contribution is 6.07. The van der Waals surface area contributed by atoms with Crippen LogP contribution in [0.15, 0.2) is 79.1 Å². The Hall–Kier alpha value is -2.97. The van der Waals surface area contributed by atoms with Crippen molar-refractivity contribution in [1.29, 1.82) is 0 Å². The van der Waals surface area contributed by atoms with E-state index in [0.29, 0.717) is 0 Å². The highest BCUT2D eigenvalue weighted by atomic mass is 14.9. The standard InChI is InChI=1S/C27H29N2/c28-17-7-1-2-8-18-29-19-15-22(16-20-29)13-14-27-25-11-5-3-9-23(25)21-24-10-4-6-12-26(24)27/h3-6,9-16,19-21H,1-2,7-8,17-18,28H2/q+1/b14-13+. The van der Waals surface area contributed by atoms with Crippen LogP contribution in [0.25, 0.3) is 33.7 Å². The van der Waals surface area contributed by atoms with Crippen LogP contribution < -0.4 is 10.3 Å². The van der Waals surface area contributed by atoms with Gasteiger partial charge in [-0.25, -0.2) is 4.57 Å². The lowest BCUT2D eigenvalue weighted by Crippen LogP contribution is -2.32. The molecule has 1 heterocycles. The average molecular weight is 382 g/mol. The maximum atomic E-state index is 5.56. The molecule has 0 aliphatic heterocycles. The monoisotopic (exact) mass is 381 g/mol. The van der Waals surface area contributed by atoms with Crippen LogP contribution in [0.5, 0.6) is 0 Å². The van der Waals surface area contributed by atoms with E-state index < -0.39 is 0 Å². The minimum atomic E-state index is 0.806. The minimum Gasteiger partial charge on any atom is -0.330 e. The van der Waals surface area contributed by atoms with Gasteiger partial charge in [0.1, 0.15) is 6.54 Å². The summed E-state index contributed by atoms with van der Waals surface area (Å²) in [5.74, 6) is 0. The number of aromatic nitrogens is 1. The second kappa shape index (κ2) is 9.49. The molecule has 0 saturated heterocycles. The quantitative estimate of drug-likeness (QED) is 0.227. The molecule has 0 atom stereocenters. The van der Waals surface area contributed by atoms with E-state index in [1.807, 2.05) is 0 Å². The molecule has 2 nitrogen and oxygen atoms in total. The van der Waals surface area contributed by atoms with Gasteiger partial charge >= 0.3 is 0 Å². The Morgan fingerprint density at radius 1 is 0.690 bits per heavy atom. The maximum Gasteiger partial charge on any atom is 0.169 e. The Bertz CT molecular complexity index is 1060. The number of hydrogen-bond donors (Lipinski definition) is 1. The van der Waals surface area contributed by atoms with Crippen molar-refractivity contribution in [1.82, 2.24) is 0 Å². The Balaban J connectivity index is 1.55. The van der Waals surface area contributed by atoms with Gasteiger partial charge in [-0.1, -0.05) is 67.1 Å². The van der Waals surface area contributed by atoms with E-state index in [1.165, 1.54) is 51.9 Å². The molecule has 0 aliphatic rings. The van der Waals surface area contributed by atoms with Crippen LogP contribution in [0.1, 0.15) is 36.8 Å². The third-order valence-electron chi connectivity index (χ3n) is 5.54. The fourth-order valence-electron chi connectivity index (χ4n) is 3.93. The van der Waals surface area contributed by atoms with Gasteiger partial charge in [0.25, 0.3) is 0 Å². The number of benzene rings is 3.